The largest absolute Gasteiger partial charge is 0.456 e. The van der Waals surface area contributed by atoms with Crippen molar-refractivity contribution in [2.75, 3.05) is 4.90 Å². The topological polar surface area (TPSA) is 29.3 Å². The maximum Gasteiger partial charge on any atom is 0.136 e. The van der Waals surface area contributed by atoms with E-state index in [0.29, 0.717) is 0 Å². The van der Waals surface area contributed by atoms with Gasteiger partial charge in [-0.05, 0) is 105 Å². The highest BCUT2D eigenvalue weighted by Crippen LogP contribution is 2.40. The second kappa shape index (κ2) is 10.8. The van der Waals surface area contributed by atoms with Crippen LogP contribution in [-0.2, 0) is 0 Å². The van der Waals surface area contributed by atoms with E-state index in [9.17, 15) is 0 Å². The minimum absolute atomic E-state index is 0.869. The first kappa shape index (κ1) is 26.2. The summed E-state index contributed by atoms with van der Waals surface area (Å²) < 4.78 is 6.33. The van der Waals surface area contributed by atoms with Gasteiger partial charge in [0.25, 0.3) is 0 Å². The highest BCUT2D eigenvalue weighted by molar-refractivity contribution is 6.11. The van der Waals surface area contributed by atoms with Gasteiger partial charge in [-0.15, -0.1) is 0 Å². The summed E-state index contributed by atoms with van der Waals surface area (Å²) in [6, 6.07) is 56.1. The molecule has 0 bridgehead atoms. The second-order valence-corrected chi connectivity index (χ2v) is 11.7. The van der Waals surface area contributed by atoms with E-state index in [0.717, 1.165) is 49.8 Å². The van der Waals surface area contributed by atoms with E-state index in [1.54, 1.807) is 0 Å². The summed E-state index contributed by atoms with van der Waals surface area (Å²) in [5.74, 6) is 0. The standard InChI is InChI=1S/C43H28N2O/c1-2-6-29(7-3-1)31-12-16-37(17-13-31)45(38-18-14-32(15-19-38)34-11-10-30-8-4-5-9-33(30)24-34)39-20-21-42-41(27-39)40-25-36-28-44-23-22-35(36)26-43(40)46-42/h1-28H. The van der Waals surface area contributed by atoms with Crippen molar-refractivity contribution in [1.82, 2.24) is 4.98 Å². The molecule has 2 heterocycles. The molecule has 0 fully saturated rings. The normalized spacial score (nSPS) is 11.5. The Bertz CT molecular complexity index is 2510. The number of hydrogen-bond donors (Lipinski definition) is 0. The molecule has 0 aliphatic rings. The van der Waals surface area contributed by atoms with Gasteiger partial charge in [-0.1, -0.05) is 91.0 Å². The average Bonchev–Trinajstić information content (AvgIpc) is 3.48. The van der Waals surface area contributed by atoms with Crippen LogP contribution in [0, 0.1) is 0 Å². The summed E-state index contributed by atoms with van der Waals surface area (Å²) in [5, 5.41) is 6.88. The molecule has 0 aliphatic heterocycles. The average molecular weight is 589 g/mol. The third-order valence-corrected chi connectivity index (χ3v) is 8.91. The minimum Gasteiger partial charge on any atom is -0.456 e. The molecule has 0 amide bonds. The fraction of sp³-hybridized carbons (Fsp3) is 0. The van der Waals surface area contributed by atoms with Crippen LogP contribution in [0.5, 0.6) is 0 Å². The van der Waals surface area contributed by atoms with Gasteiger partial charge in [0.1, 0.15) is 11.2 Å². The van der Waals surface area contributed by atoms with Gasteiger partial charge in [-0.2, -0.15) is 0 Å². The number of furan rings is 1. The monoisotopic (exact) mass is 588 g/mol. The number of rotatable bonds is 5. The number of fused-ring (bicyclic) bond motifs is 5. The van der Waals surface area contributed by atoms with Crippen molar-refractivity contribution in [2.45, 2.75) is 0 Å². The van der Waals surface area contributed by atoms with Gasteiger partial charge in [0, 0.05) is 45.6 Å². The van der Waals surface area contributed by atoms with Crippen LogP contribution < -0.4 is 4.90 Å². The van der Waals surface area contributed by atoms with Gasteiger partial charge < -0.3 is 9.32 Å². The summed E-state index contributed by atoms with van der Waals surface area (Å²) >= 11 is 0. The fourth-order valence-corrected chi connectivity index (χ4v) is 6.54. The van der Waals surface area contributed by atoms with E-state index in [-0.39, 0.29) is 0 Å². The molecular weight excluding hydrogens is 560 g/mol. The van der Waals surface area contributed by atoms with E-state index in [1.165, 1.54) is 33.0 Å². The zero-order valence-corrected chi connectivity index (χ0v) is 25.0. The van der Waals surface area contributed by atoms with Crippen molar-refractivity contribution < 1.29 is 4.42 Å². The number of nitrogens with zero attached hydrogens (tertiary/aromatic N) is 2. The third kappa shape index (κ3) is 4.58. The van der Waals surface area contributed by atoms with E-state index in [2.05, 4.69) is 162 Å². The molecule has 216 valence electrons. The molecule has 9 rings (SSSR count). The number of hydrogen-bond acceptors (Lipinski definition) is 3. The van der Waals surface area contributed by atoms with Crippen molar-refractivity contribution in [3.05, 3.63) is 170 Å². The van der Waals surface area contributed by atoms with Gasteiger partial charge in [0.2, 0.25) is 0 Å². The zero-order valence-electron chi connectivity index (χ0n) is 25.0. The molecule has 2 aromatic heterocycles. The Morgan fingerprint density at radius 1 is 0.391 bits per heavy atom. The smallest absolute Gasteiger partial charge is 0.136 e. The van der Waals surface area contributed by atoms with Crippen LogP contribution in [-0.4, -0.2) is 4.98 Å². The number of aromatic nitrogens is 1. The molecule has 0 aliphatic carbocycles. The van der Waals surface area contributed by atoms with Crippen LogP contribution in [0.2, 0.25) is 0 Å². The van der Waals surface area contributed by atoms with Crippen LogP contribution in [0.1, 0.15) is 0 Å². The molecule has 7 aromatic carbocycles. The Hall–Kier alpha value is -6.19. The highest BCUT2D eigenvalue weighted by atomic mass is 16.3. The number of anilines is 3. The SMILES string of the molecule is c1ccc(-c2ccc(N(c3ccc(-c4ccc5ccccc5c4)cc3)c3ccc4oc5cc6ccncc6cc5c4c3)cc2)cc1. The molecule has 0 spiro atoms. The molecule has 0 atom stereocenters. The maximum absolute atomic E-state index is 6.33. The van der Waals surface area contributed by atoms with Gasteiger partial charge in [-0.25, -0.2) is 0 Å². The first-order valence-electron chi connectivity index (χ1n) is 15.5. The predicted octanol–water partition coefficient (Wildman–Crippen LogP) is 12.1. The lowest BCUT2D eigenvalue weighted by Crippen LogP contribution is -2.09. The van der Waals surface area contributed by atoms with Gasteiger partial charge in [0.05, 0.1) is 0 Å². The van der Waals surface area contributed by atoms with Crippen molar-refractivity contribution in [3.63, 3.8) is 0 Å². The molecule has 46 heavy (non-hydrogen) atoms. The summed E-state index contributed by atoms with van der Waals surface area (Å²) in [5.41, 5.74) is 9.76. The van der Waals surface area contributed by atoms with Crippen LogP contribution in [0.4, 0.5) is 17.1 Å². The summed E-state index contributed by atoms with van der Waals surface area (Å²) in [6.07, 6.45) is 3.73. The maximum atomic E-state index is 6.33. The quantitative estimate of drug-likeness (QED) is 0.200. The van der Waals surface area contributed by atoms with E-state index < -0.39 is 0 Å². The number of pyridine rings is 1. The molecule has 9 aromatic rings. The fourth-order valence-electron chi connectivity index (χ4n) is 6.54. The van der Waals surface area contributed by atoms with Gasteiger partial charge in [-0.3, -0.25) is 4.98 Å². The number of benzene rings is 7. The molecule has 0 radical (unpaired) electrons. The molecule has 0 saturated carbocycles. The molecule has 3 heteroatoms. The van der Waals surface area contributed by atoms with Crippen molar-refractivity contribution in [3.8, 4) is 22.3 Å². The Kier molecular flexibility index (Phi) is 6.14. The van der Waals surface area contributed by atoms with Crippen molar-refractivity contribution in [2.24, 2.45) is 0 Å². The van der Waals surface area contributed by atoms with E-state index in [4.69, 9.17) is 4.42 Å². The van der Waals surface area contributed by atoms with E-state index in [1.807, 2.05) is 18.5 Å². The summed E-state index contributed by atoms with van der Waals surface area (Å²) in [4.78, 5) is 6.66. The van der Waals surface area contributed by atoms with Gasteiger partial charge in [0.15, 0.2) is 0 Å². The second-order valence-electron chi connectivity index (χ2n) is 11.7. The van der Waals surface area contributed by atoms with Crippen molar-refractivity contribution in [1.29, 1.82) is 0 Å². The molecular formula is C43H28N2O. The molecule has 3 nitrogen and oxygen atoms in total. The van der Waals surface area contributed by atoms with Crippen LogP contribution in [0.3, 0.4) is 0 Å². The zero-order chi connectivity index (χ0) is 30.5. The lowest BCUT2D eigenvalue weighted by molar-refractivity contribution is 0.669. The molecule has 0 N–H and O–H groups in total. The highest BCUT2D eigenvalue weighted by Gasteiger charge is 2.17. The van der Waals surface area contributed by atoms with E-state index >= 15 is 0 Å². The summed E-state index contributed by atoms with van der Waals surface area (Å²) in [6.45, 7) is 0. The molecule has 0 unspecified atom stereocenters. The Morgan fingerprint density at radius 3 is 1.78 bits per heavy atom. The molecule has 0 saturated heterocycles. The third-order valence-electron chi connectivity index (χ3n) is 8.91. The van der Waals surface area contributed by atoms with Crippen LogP contribution in [0.25, 0.3) is 65.7 Å². The van der Waals surface area contributed by atoms with Crippen LogP contribution in [0.15, 0.2) is 175 Å². The van der Waals surface area contributed by atoms with Gasteiger partial charge >= 0.3 is 0 Å². The predicted molar refractivity (Wildman–Crippen MR) is 192 cm³/mol. The Morgan fingerprint density at radius 2 is 1.00 bits per heavy atom. The summed E-state index contributed by atoms with van der Waals surface area (Å²) in [7, 11) is 0. The Balaban J connectivity index is 1.17. The lowest BCUT2D eigenvalue weighted by atomic mass is 10.0. The minimum atomic E-state index is 0.869. The first-order valence-corrected chi connectivity index (χ1v) is 15.5. The lowest BCUT2D eigenvalue weighted by Gasteiger charge is -2.26. The van der Waals surface area contributed by atoms with Crippen molar-refractivity contribution >= 4 is 60.5 Å². The Labute approximate surface area is 266 Å². The van der Waals surface area contributed by atoms with Crippen LogP contribution >= 0.6 is 0 Å². The first-order chi connectivity index (χ1) is 22.8.